The van der Waals surface area contributed by atoms with E-state index in [0.29, 0.717) is 16.5 Å². The average Bonchev–Trinajstić information content (AvgIpc) is 2.56. The second-order valence-electron chi connectivity index (χ2n) is 7.03. The van der Waals surface area contributed by atoms with Crippen molar-refractivity contribution in [1.29, 1.82) is 0 Å². The summed E-state index contributed by atoms with van der Waals surface area (Å²) in [6.45, 7) is 6.66. The van der Waals surface area contributed by atoms with Crippen molar-refractivity contribution in [3.63, 3.8) is 0 Å². The molecule has 0 radical (unpaired) electrons. The predicted octanol–water partition coefficient (Wildman–Crippen LogP) is 5.23. The Bertz CT molecular complexity index is 868. The topological polar surface area (TPSA) is 76.7 Å². The third-order valence-electron chi connectivity index (χ3n) is 3.35. The van der Waals surface area contributed by atoms with Crippen LogP contribution < -0.4 is 15.4 Å². The molecule has 28 heavy (non-hydrogen) atoms. The van der Waals surface area contributed by atoms with Crippen LogP contribution in [0.3, 0.4) is 0 Å². The normalized spacial score (nSPS) is 12.1. The van der Waals surface area contributed by atoms with Gasteiger partial charge in [0.2, 0.25) is 0 Å². The summed E-state index contributed by atoms with van der Waals surface area (Å²) < 4.78 is 24.6. The Labute approximate surface area is 168 Å². The quantitative estimate of drug-likeness (QED) is 0.710. The number of ether oxygens (including phenoxy) is 2. The molecule has 1 unspecified atom stereocenters. The molecule has 2 aromatic carbocycles. The van der Waals surface area contributed by atoms with Gasteiger partial charge in [-0.15, -0.1) is 0 Å². The number of benzene rings is 2. The molecule has 2 N–H and O–H groups in total. The van der Waals surface area contributed by atoms with Crippen LogP contribution in [0.25, 0.3) is 0 Å². The molecule has 0 spiro atoms. The van der Waals surface area contributed by atoms with Crippen molar-refractivity contribution in [2.75, 3.05) is 10.6 Å². The van der Waals surface area contributed by atoms with E-state index in [1.54, 1.807) is 52.0 Å². The molecule has 0 aliphatic heterocycles. The van der Waals surface area contributed by atoms with E-state index < -0.39 is 29.5 Å². The highest BCUT2D eigenvalue weighted by Gasteiger charge is 2.19. The summed E-state index contributed by atoms with van der Waals surface area (Å²) in [6, 6.07) is 10.5. The Kier molecular flexibility index (Phi) is 6.85. The Balaban J connectivity index is 2.03. The number of amides is 2. The Morgan fingerprint density at radius 3 is 2.46 bits per heavy atom. The van der Waals surface area contributed by atoms with Gasteiger partial charge in [-0.25, -0.2) is 9.18 Å². The minimum atomic E-state index is -0.828. The third-order valence-corrected chi connectivity index (χ3v) is 3.58. The monoisotopic (exact) mass is 408 g/mol. The van der Waals surface area contributed by atoms with E-state index in [2.05, 4.69) is 10.6 Å². The minimum Gasteiger partial charge on any atom is -0.481 e. The number of rotatable bonds is 5. The molecule has 0 aromatic heterocycles. The molecule has 2 aromatic rings. The van der Waals surface area contributed by atoms with Crippen molar-refractivity contribution < 1.29 is 23.5 Å². The largest absolute Gasteiger partial charge is 0.481 e. The molecule has 0 aliphatic rings. The van der Waals surface area contributed by atoms with E-state index in [1.807, 2.05) is 0 Å². The number of nitrogens with one attached hydrogen (secondary N) is 2. The van der Waals surface area contributed by atoms with Crippen molar-refractivity contribution in [2.24, 2.45) is 0 Å². The van der Waals surface area contributed by atoms with Crippen molar-refractivity contribution in [3.05, 3.63) is 53.3 Å². The van der Waals surface area contributed by atoms with E-state index in [4.69, 9.17) is 21.1 Å². The van der Waals surface area contributed by atoms with Crippen LogP contribution in [0.5, 0.6) is 5.75 Å². The Morgan fingerprint density at radius 2 is 1.82 bits per heavy atom. The van der Waals surface area contributed by atoms with Gasteiger partial charge in [-0.3, -0.25) is 10.1 Å². The highest BCUT2D eigenvalue weighted by atomic mass is 35.5. The van der Waals surface area contributed by atoms with Crippen LogP contribution in [0.15, 0.2) is 42.5 Å². The molecule has 0 saturated heterocycles. The third kappa shape index (κ3) is 6.74. The molecule has 150 valence electrons. The van der Waals surface area contributed by atoms with E-state index >= 15 is 0 Å². The van der Waals surface area contributed by atoms with Crippen LogP contribution in [0.1, 0.15) is 27.7 Å². The predicted molar refractivity (Wildman–Crippen MR) is 106 cm³/mol. The Hall–Kier alpha value is -2.80. The van der Waals surface area contributed by atoms with Crippen molar-refractivity contribution in [2.45, 2.75) is 39.4 Å². The second-order valence-corrected chi connectivity index (χ2v) is 7.46. The summed E-state index contributed by atoms with van der Waals surface area (Å²) in [5.41, 5.74) is -0.547. The van der Waals surface area contributed by atoms with E-state index in [9.17, 15) is 14.0 Å². The highest BCUT2D eigenvalue weighted by Crippen LogP contribution is 2.22. The lowest BCUT2D eigenvalue weighted by molar-refractivity contribution is -0.122. The van der Waals surface area contributed by atoms with Crippen molar-refractivity contribution in [1.82, 2.24) is 0 Å². The molecule has 0 aliphatic carbocycles. The van der Waals surface area contributed by atoms with Gasteiger partial charge in [0.1, 0.15) is 17.2 Å². The zero-order valence-electron chi connectivity index (χ0n) is 16.0. The number of halogens is 2. The van der Waals surface area contributed by atoms with Gasteiger partial charge in [-0.2, -0.15) is 0 Å². The summed E-state index contributed by atoms with van der Waals surface area (Å²) in [7, 11) is 0. The van der Waals surface area contributed by atoms with Crippen LogP contribution in [0.4, 0.5) is 20.6 Å². The van der Waals surface area contributed by atoms with Gasteiger partial charge in [0.25, 0.3) is 5.91 Å². The number of hydrogen-bond donors (Lipinski definition) is 2. The molecule has 2 amide bonds. The lowest BCUT2D eigenvalue weighted by Gasteiger charge is -2.20. The van der Waals surface area contributed by atoms with Gasteiger partial charge in [0, 0.05) is 10.7 Å². The van der Waals surface area contributed by atoms with Crippen LogP contribution in [0, 0.1) is 5.82 Å². The standard InChI is InChI=1S/C20H22ClFN2O4/c1-12(27-15-7-5-6-13(21)10-15)18(25)23-14-8-9-16(22)17(11-14)24-19(26)28-20(2,3)4/h5-12H,1-4H3,(H,23,25)(H,24,26). The van der Waals surface area contributed by atoms with Gasteiger partial charge < -0.3 is 14.8 Å². The average molecular weight is 409 g/mol. The SMILES string of the molecule is CC(Oc1cccc(Cl)c1)C(=O)Nc1ccc(F)c(NC(=O)OC(C)(C)C)c1. The van der Waals surface area contributed by atoms with Crippen LogP contribution in [-0.4, -0.2) is 23.7 Å². The number of carbonyl (C=O) groups is 2. The fourth-order valence-electron chi connectivity index (χ4n) is 2.15. The van der Waals surface area contributed by atoms with Crippen molar-refractivity contribution >= 4 is 35.0 Å². The summed E-state index contributed by atoms with van der Waals surface area (Å²) in [5.74, 6) is -0.663. The first-order valence-corrected chi connectivity index (χ1v) is 8.94. The molecule has 0 heterocycles. The molecule has 0 bridgehead atoms. The molecular weight excluding hydrogens is 387 g/mol. The molecule has 0 saturated carbocycles. The first-order valence-electron chi connectivity index (χ1n) is 8.56. The number of anilines is 2. The second kappa shape index (κ2) is 8.93. The molecule has 0 fully saturated rings. The van der Waals surface area contributed by atoms with Crippen LogP contribution in [0.2, 0.25) is 5.02 Å². The first kappa shape index (κ1) is 21.5. The molecule has 1 atom stereocenters. The maximum absolute atomic E-state index is 14.0. The van der Waals surface area contributed by atoms with Gasteiger partial charge in [0.05, 0.1) is 5.69 Å². The summed E-state index contributed by atoms with van der Waals surface area (Å²) in [5, 5.41) is 5.42. The summed E-state index contributed by atoms with van der Waals surface area (Å²) in [4.78, 5) is 24.2. The fourth-order valence-corrected chi connectivity index (χ4v) is 2.33. The van der Waals surface area contributed by atoms with Gasteiger partial charge in [0.15, 0.2) is 6.10 Å². The van der Waals surface area contributed by atoms with Gasteiger partial charge >= 0.3 is 6.09 Å². The van der Waals surface area contributed by atoms with E-state index in [0.717, 1.165) is 6.07 Å². The number of carbonyl (C=O) groups excluding carboxylic acids is 2. The van der Waals surface area contributed by atoms with Crippen LogP contribution >= 0.6 is 11.6 Å². The molecule has 6 nitrogen and oxygen atoms in total. The van der Waals surface area contributed by atoms with E-state index in [1.165, 1.54) is 12.1 Å². The summed E-state index contributed by atoms with van der Waals surface area (Å²) >= 11 is 5.89. The fraction of sp³-hybridized carbons (Fsp3) is 0.300. The lowest BCUT2D eigenvalue weighted by atomic mass is 10.2. The highest BCUT2D eigenvalue weighted by molar-refractivity contribution is 6.30. The zero-order chi connectivity index (χ0) is 20.9. The maximum Gasteiger partial charge on any atom is 0.412 e. The molecule has 8 heteroatoms. The maximum atomic E-state index is 14.0. The number of hydrogen-bond acceptors (Lipinski definition) is 4. The van der Waals surface area contributed by atoms with Gasteiger partial charge in [-0.1, -0.05) is 17.7 Å². The first-order chi connectivity index (χ1) is 13.0. The molecule has 2 rings (SSSR count). The summed E-state index contributed by atoms with van der Waals surface area (Å²) in [6.07, 6.45) is -1.63. The smallest absolute Gasteiger partial charge is 0.412 e. The minimum absolute atomic E-state index is 0.115. The zero-order valence-corrected chi connectivity index (χ0v) is 16.8. The van der Waals surface area contributed by atoms with Gasteiger partial charge in [-0.05, 0) is 64.1 Å². The van der Waals surface area contributed by atoms with Crippen LogP contribution in [-0.2, 0) is 9.53 Å². The molecular formula is C20H22ClFN2O4. The Morgan fingerprint density at radius 1 is 1.11 bits per heavy atom. The van der Waals surface area contributed by atoms with E-state index in [-0.39, 0.29) is 5.69 Å². The lowest BCUT2D eigenvalue weighted by Crippen LogP contribution is -2.30. The van der Waals surface area contributed by atoms with Crippen molar-refractivity contribution in [3.8, 4) is 5.75 Å².